The molecule has 28 heavy (non-hydrogen) atoms. The molecule has 0 aliphatic heterocycles. The molecule has 2 heterocycles. The van der Waals surface area contributed by atoms with Crippen molar-refractivity contribution in [2.75, 3.05) is 24.7 Å². The van der Waals surface area contributed by atoms with Crippen molar-refractivity contribution in [1.29, 1.82) is 0 Å². The Morgan fingerprint density at radius 1 is 1.29 bits per heavy atom. The molecule has 10 heteroatoms. The molecule has 2 aromatic heterocycles. The lowest BCUT2D eigenvalue weighted by atomic mass is 10.1. The van der Waals surface area contributed by atoms with E-state index in [1.54, 1.807) is 26.2 Å². The Morgan fingerprint density at radius 2 is 2.00 bits per heavy atom. The summed E-state index contributed by atoms with van der Waals surface area (Å²) in [5.74, 6) is 1.44. The number of amides is 1. The normalized spacial score (nSPS) is 11.4. The number of anilines is 3. The van der Waals surface area contributed by atoms with E-state index in [1.807, 2.05) is 19.9 Å². The standard InChI is InChI=1S/C18H21N5O4S/c1-10-8-12(27-11(10)2)9-19-16-17(22-28(26)21-16)20-14-7-5-6-13(15(14)24)18(25)23(3)4/h5-8,24H,9H2,1-4H3,(H,19,21)(H,20,22). The van der Waals surface area contributed by atoms with E-state index in [1.165, 1.54) is 11.0 Å². The summed E-state index contributed by atoms with van der Waals surface area (Å²) in [5.41, 5.74) is 1.43. The lowest BCUT2D eigenvalue weighted by Gasteiger charge is -2.14. The number of furan rings is 1. The van der Waals surface area contributed by atoms with Gasteiger partial charge in [0.15, 0.2) is 16.9 Å². The number of benzene rings is 1. The molecule has 0 spiro atoms. The third-order valence-corrected chi connectivity index (χ3v) is 4.81. The molecule has 1 amide bonds. The third kappa shape index (κ3) is 4.07. The van der Waals surface area contributed by atoms with Gasteiger partial charge in [0.1, 0.15) is 11.5 Å². The monoisotopic (exact) mass is 403 g/mol. The number of aromatic hydroxyl groups is 1. The van der Waals surface area contributed by atoms with Crippen LogP contribution in [0.15, 0.2) is 28.7 Å². The zero-order valence-electron chi connectivity index (χ0n) is 15.9. The number of aromatic nitrogens is 2. The van der Waals surface area contributed by atoms with Crippen LogP contribution in [0.2, 0.25) is 0 Å². The first-order valence-electron chi connectivity index (χ1n) is 8.46. The van der Waals surface area contributed by atoms with E-state index in [-0.39, 0.29) is 34.5 Å². The Morgan fingerprint density at radius 3 is 2.64 bits per heavy atom. The molecule has 0 aliphatic carbocycles. The second-order valence-corrected chi connectivity index (χ2v) is 7.27. The molecule has 0 fully saturated rings. The highest BCUT2D eigenvalue weighted by Gasteiger charge is 2.20. The second-order valence-electron chi connectivity index (χ2n) is 6.44. The van der Waals surface area contributed by atoms with E-state index in [9.17, 15) is 14.5 Å². The van der Waals surface area contributed by atoms with Crippen LogP contribution in [0.5, 0.6) is 5.75 Å². The lowest BCUT2D eigenvalue weighted by Crippen LogP contribution is -2.21. The van der Waals surface area contributed by atoms with E-state index in [0.29, 0.717) is 12.3 Å². The number of carbonyl (C=O) groups is 1. The Bertz CT molecular complexity index is 992. The largest absolute Gasteiger partial charge is 0.546 e. The van der Waals surface area contributed by atoms with Gasteiger partial charge < -0.3 is 29.6 Å². The van der Waals surface area contributed by atoms with E-state index in [2.05, 4.69) is 19.4 Å². The molecule has 0 radical (unpaired) electrons. The van der Waals surface area contributed by atoms with Crippen LogP contribution in [0.4, 0.5) is 17.3 Å². The molecule has 1 aromatic carbocycles. The summed E-state index contributed by atoms with van der Waals surface area (Å²) < 4.78 is 25.2. The highest BCUT2D eigenvalue weighted by molar-refractivity contribution is 7.14. The average molecular weight is 403 g/mol. The first-order valence-corrected chi connectivity index (χ1v) is 9.53. The third-order valence-electron chi connectivity index (χ3n) is 4.14. The predicted octanol–water partition coefficient (Wildman–Crippen LogP) is 3.18. The van der Waals surface area contributed by atoms with Gasteiger partial charge in [-0.15, -0.1) is 0 Å². The second kappa shape index (κ2) is 7.87. The maximum absolute atomic E-state index is 12.2. The van der Waals surface area contributed by atoms with Crippen molar-refractivity contribution in [3.8, 4) is 5.75 Å². The molecule has 0 saturated carbocycles. The van der Waals surface area contributed by atoms with Gasteiger partial charge in [0, 0.05) is 22.8 Å². The minimum Gasteiger partial charge on any atom is -0.546 e. The number of hydrogen-bond donors (Lipinski definition) is 3. The van der Waals surface area contributed by atoms with Crippen LogP contribution in [0.25, 0.3) is 0 Å². The van der Waals surface area contributed by atoms with Crippen molar-refractivity contribution in [3.63, 3.8) is 0 Å². The molecule has 0 saturated heterocycles. The number of carbonyl (C=O) groups excluding carboxylic acids is 1. The molecule has 148 valence electrons. The zero-order valence-corrected chi connectivity index (χ0v) is 16.8. The fourth-order valence-corrected chi connectivity index (χ4v) is 3.19. The van der Waals surface area contributed by atoms with Crippen molar-refractivity contribution >= 4 is 34.4 Å². The van der Waals surface area contributed by atoms with Crippen LogP contribution in [-0.4, -0.2) is 43.3 Å². The van der Waals surface area contributed by atoms with E-state index in [4.69, 9.17) is 4.42 Å². The number of para-hydroxylation sites is 1. The van der Waals surface area contributed by atoms with Gasteiger partial charge >= 0.3 is 0 Å². The maximum Gasteiger partial charge on any atom is 0.257 e. The summed E-state index contributed by atoms with van der Waals surface area (Å²) in [6.45, 7) is 4.15. The maximum atomic E-state index is 12.2. The molecule has 1 unspecified atom stereocenters. The van der Waals surface area contributed by atoms with Crippen LogP contribution in [0.3, 0.4) is 0 Å². The highest BCUT2D eigenvalue weighted by Crippen LogP contribution is 2.33. The first kappa shape index (κ1) is 19.6. The molecule has 0 aliphatic rings. The number of aryl methyl sites for hydroxylation is 2. The van der Waals surface area contributed by atoms with Gasteiger partial charge in [0.2, 0.25) is 11.6 Å². The van der Waals surface area contributed by atoms with Crippen molar-refractivity contribution in [2.45, 2.75) is 20.4 Å². The SMILES string of the molecule is Cc1cc(CNc2n[s+]([O-])nc2Nc2cccc(C(=O)N(C)C)c2O)oc1C. The quantitative estimate of drug-likeness (QED) is 0.423. The van der Waals surface area contributed by atoms with Crippen LogP contribution in [0, 0.1) is 13.8 Å². The van der Waals surface area contributed by atoms with Gasteiger partial charge in [-0.3, -0.25) is 4.79 Å². The zero-order chi connectivity index (χ0) is 20.4. The number of phenols is 1. The summed E-state index contributed by atoms with van der Waals surface area (Å²) in [5, 5.41) is 16.4. The van der Waals surface area contributed by atoms with Gasteiger partial charge in [-0.1, -0.05) is 6.07 Å². The van der Waals surface area contributed by atoms with E-state index >= 15 is 0 Å². The summed E-state index contributed by atoms with van der Waals surface area (Å²) in [7, 11) is 3.19. The topological polar surface area (TPSA) is 127 Å². The highest BCUT2D eigenvalue weighted by atomic mass is 32.2. The number of nitrogens with zero attached hydrogens (tertiary/aromatic N) is 3. The first-order chi connectivity index (χ1) is 13.3. The van der Waals surface area contributed by atoms with Gasteiger partial charge in [-0.2, -0.15) is 0 Å². The minimum atomic E-state index is -1.78. The Labute approximate surface area is 165 Å². The molecular weight excluding hydrogens is 382 g/mol. The average Bonchev–Trinajstić information content (AvgIpc) is 3.15. The molecule has 9 nitrogen and oxygen atoms in total. The number of phenolic OH excluding ortho intramolecular Hbond substituents is 1. The Hall–Kier alpha value is -3.11. The fraction of sp³-hybridized carbons (Fsp3) is 0.278. The van der Waals surface area contributed by atoms with Crippen LogP contribution < -0.4 is 10.6 Å². The van der Waals surface area contributed by atoms with Gasteiger partial charge in [0.05, 0.1) is 17.8 Å². The molecule has 3 aromatic rings. The van der Waals surface area contributed by atoms with Gasteiger partial charge in [-0.05, 0) is 37.6 Å². The Kier molecular flexibility index (Phi) is 5.52. The molecule has 1 atom stereocenters. The van der Waals surface area contributed by atoms with Gasteiger partial charge in [0.25, 0.3) is 5.91 Å². The summed E-state index contributed by atoms with van der Waals surface area (Å²) in [6, 6.07) is 6.64. The smallest absolute Gasteiger partial charge is 0.257 e. The van der Waals surface area contributed by atoms with Crippen molar-refractivity contribution in [1.82, 2.24) is 13.6 Å². The molecular formula is C18H21N5O4S. The van der Waals surface area contributed by atoms with Crippen molar-refractivity contribution < 1.29 is 18.9 Å². The number of hydrogen-bond acceptors (Lipinski definition) is 8. The van der Waals surface area contributed by atoms with Crippen molar-refractivity contribution in [3.05, 3.63) is 46.9 Å². The summed E-state index contributed by atoms with van der Waals surface area (Å²) in [4.78, 5) is 13.5. The van der Waals surface area contributed by atoms with Crippen LogP contribution in [-0.2, 0) is 6.54 Å². The molecule has 3 N–H and O–H groups in total. The summed E-state index contributed by atoms with van der Waals surface area (Å²) in [6.07, 6.45) is 0. The minimum absolute atomic E-state index is 0.141. The van der Waals surface area contributed by atoms with E-state index < -0.39 is 11.1 Å². The number of rotatable bonds is 6. The van der Waals surface area contributed by atoms with E-state index in [0.717, 1.165) is 11.3 Å². The fourth-order valence-electron chi connectivity index (χ4n) is 2.55. The lowest BCUT2D eigenvalue weighted by molar-refractivity contribution is 0.0824. The summed E-state index contributed by atoms with van der Waals surface area (Å²) >= 11 is -1.78. The predicted molar refractivity (Wildman–Crippen MR) is 106 cm³/mol. The number of nitrogens with one attached hydrogen (secondary N) is 2. The van der Waals surface area contributed by atoms with Gasteiger partial charge in [-0.25, -0.2) is 0 Å². The van der Waals surface area contributed by atoms with Crippen LogP contribution in [0.1, 0.15) is 27.4 Å². The van der Waals surface area contributed by atoms with Crippen LogP contribution >= 0.6 is 11.1 Å². The van der Waals surface area contributed by atoms with Crippen molar-refractivity contribution in [2.24, 2.45) is 0 Å². The molecule has 0 bridgehead atoms. The molecule has 3 rings (SSSR count). The Balaban J connectivity index is 1.82.